The molecule has 0 bridgehead atoms. The van der Waals surface area contributed by atoms with Gasteiger partial charge in [0.05, 0.1) is 0 Å². The third kappa shape index (κ3) is 5.42. The molecular formula is C17H23NO3. The van der Waals surface area contributed by atoms with E-state index in [9.17, 15) is 9.59 Å². The molecule has 1 aromatic carbocycles. The first-order valence-electron chi connectivity index (χ1n) is 7.18. The third-order valence-corrected chi connectivity index (χ3v) is 3.03. The Balaban J connectivity index is 2.67. The Morgan fingerprint density at radius 2 is 2.05 bits per heavy atom. The summed E-state index contributed by atoms with van der Waals surface area (Å²) in [5.74, 6) is -0.527. The first kappa shape index (κ1) is 17.0. The molecule has 0 aromatic heterocycles. The zero-order valence-electron chi connectivity index (χ0n) is 13.1. The van der Waals surface area contributed by atoms with Gasteiger partial charge < -0.3 is 10.1 Å². The number of carbonyl (C=O) groups excluding carboxylic acids is 2. The summed E-state index contributed by atoms with van der Waals surface area (Å²) in [7, 11) is 0. The maximum atomic E-state index is 11.9. The van der Waals surface area contributed by atoms with Crippen molar-refractivity contribution in [2.24, 2.45) is 0 Å². The third-order valence-electron chi connectivity index (χ3n) is 3.03. The molecule has 0 aliphatic carbocycles. The second-order valence-electron chi connectivity index (χ2n) is 5.16. The highest BCUT2D eigenvalue weighted by atomic mass is 16.5. The summed E-state index contributed by atoms with van der Waals surface area (Å²) < 4.78 is 4.88. The van der Waals surface area contributed by atoms with Crippen LogP contribution in [0.1, 0.15) is 44.2 Å². The zero-order chi connectivity index (χ0) is 15.8. The average molecular weight is 289 g/mol. The molecule has 114 valence electrons. The molecule has 1 aromatic rings. The fraction of sp³-hybridized carbons (Fsp3) is 0.412. The van der Waals surface area contributed by atoms with Gasteiger partial charge in [-0.2, -0.15) is 0 Å². The number of carbonyl (C=O) groups is 2. The molecule has 0 aliphatic rings. The highest BCUT2D eigenvalue weighted by Crippen LogP contribution is 2.27. The van der Waals surface area contributed by atoms with Gasteiger partial charge in [-0.15, -0.1) is 0 Å². The van der Waals surface area contributed by atoms with Crippen molar-refractivity contribution in [3.63, 3.8) is 0 Å². The largest absolute Gasteiger partial charge is 0.452 e. The van der Waals surface area contributed by atoms with E-state index in [-0.39, 0.29) is 12.5 Å². The summed E-state index contributed by atoms with van der Waals surface area (Å²) in [6.45, 7) is 7.72. The van der Waals surface area contributed by atoms with Crippen LogP contribution in [-0.4, -0.2) is 18.5 Å². The van der Waals surface area contributed by atoms with Gasteiger partial charge in [0.1, 0.15) is 0 Å². The van der Waals surface area contributed by atoms with Gasteiger partial charge in [-0.25, -0.2) is 4.79 Å². The lowest BCUT2D eigenvalue weighted by Gasteiger charge is -2.16. The molecule has 0 heterocycles. The molecule has 0 atom stereocenters. The van der Waals surface area contributed by atoms with E-state index in [0.717, 1.165) is 23.2 Å². The van der Waals surface area contributed by atoms with Crippen molar-refractivity contribution in [1.29, 1.82) is 0 Å². The molecule has 0 saturated carbocycles. The molecule has 0 spiro atoms. The summed E-state index contributed by atoms with van der Waals surface area (Å²) in [4.78, 5) is 23.2. The molecule has 21 heavy (non-hydrogen) atoms. The van der Waals surface area contributed by atoms with Gasteiger partial charge in [-0.3, -0.25) is 4.79 Å². The highest BCUT2D eigenvalue weighted by Gasteiger charge is 2.12. The molecule has 0 radical (unpaired) electrons. The fourth-order valence-electron chi connectivity index (χ4n) is 1.92. The minimum atomic E-state index is -0.499. The lowest BCUT2D eigenvalue weighted by molar-refractivity contribution is -0.142. The van der Waals surface area contributed by atoms with E-state index in [1.165, 1.54) is 6.08 Å². The molecule has 0 fully saturated rings. The van der Waals surface area contributed by atoms with E-state index in [1.54, 1.807) is 6.08 Å². The molecule has 1 amide bonds. The Morgan fingerprint density at radius 3 is 2.67 bits per heavy atom. The Hall–Kier alpha value is -2.10. The number of ether oxygens (including phenoxy) is 1. The zero-order valence-corrected chi connectivity index (χ0v) is 13.1. The molecule has 1 N–H and O–H groups in total. The van der Waals surface area contributed by atoms with Crippen LogP contribution in [-0.2, 0) is 14.3 Å². The number of benzene rings is 1. The molecule has 1 rings (SSSR count). The minimum absolute atomic E-state index is 0.279. The van der Waals surface area contributed by atoms with Crippen LogP contribution < -0.4 is 5.32 Å². The number of para-hydroxylation sites is 1. The van der Waals surface area contributed by atoms with Crippen molar-refractivity contribution < 1.29 is 14.3 Å². The standard InChI is InChI=1S/C17H23NO3/c1-5-6-10-16(20)21-11-15(19)18-17-13(4)8-7-9-14(17)12(2)3/h6-10,12H,5,11H2,1-4H3,(H,18,19)/b10-6+. The molecule has 4 nitrogen and oxygen atoms in total. The number of anilines is 1. The van der Waals surface area contributed by atoms with Crippen molar-refractivity contribution >= 4 is 17.6 Å². The van der Waals surface area contributed by atoms with Crippen LogP contribution in [0.15, 0.2) is 30.4 Å². The average Bonchev–Trinajstić information content (AvgIpc) is 2.44. The number of nitrogens with one attached hydrogen (secondary N) is 1. The number of allylic oxidation sites excluding steroid dienone is 1. The molecule has 0 aliphatic heterocycles. The predicted molar refractivity (Wildman–Crippen MR) is 84.3 cm³/mol. The number of hydrogen-bond donors (Lipinski definition) is 1. The highest BCUT2D eigenvalue weighted by molar-refractivity contribution is 5.95. The first-order valence-corrected chi connectivity index (χ1v) is 7.18. The van der Waals surface area contributed by atoms with Crippen molar-refractivity contribution in [3.8, 4) is 0 Å². The smallest absolute Gasteiger partial charge is 0.330 e. The SMILES string of the molecule is CC/C=C/C(=O)OCC(=O)Nc1c(C)cccc1C(C)C. The summed E-state index contributed by atoms with van der Waals surface area (Å²) >= 11 is 0. The Morgan fingerprint density at radius 1 is 1.33 bits per heavy atom. The lowest BCUT2D eigenvalue weighted by Crippen LogP contribution is -2.21. The Bertz CT molecular complexity index is 533. The summed E-state index contributed by atoms with van der Waals surface area (Å²) in [6, 6.07) is 5.90. The second-order valence-corrected chi connectivity index (χ2v) is 5.16. The molecule has 4 heteroatoms. The monoisotopic (exact) mass is 289 g/mol. The number of amides is 1. The van der Waals surface area contributed by atoms with Crippen LogP contribution in [0.5, 0.6) is 0 Å². The van der Waals surface area contributed by atoms with Crippen molar-refractivity contribution in [3.05, 3.63) is 41.5 Å². The lowest BCUT2D eigenvalue weighted by atomic mass is 9.98. The normalized spacial score (nSPS) is 10.9. The summed E-state index contributed by atoms with van der Waals surface area (Å²) in [5, 5.41) is 2.83. The van der Waals surface area contributed by atoms with Crippen LogP contribution >= 0.6 is 0 Å². The fourth-order valence-corrected chi connectivity index (χ4v) is 1.92. The van der Waals surface area contributed by atoms with Crippen LogP contribution in [0, 0.1) is 6.92 Å². The van der Waals surface area contributed by atoms with Crippen LogP contribution in [0.25, 0.3) is 0 Å². The van der Waals surface area contributed by atoms with E-state index in [2.05, 4.69) is 19.2 Å². The van der Waals surface area contributed by atoms with Gasteiger partial charge in [0.2, 0.25) is 0 Å². The van der Waals surface area contributed by atoms with Gasteiger partial charge in [0.25, 0.3) is 5.91 Å². The number of hydrogen-bond acceptors (Lipinski definition) is 3. The van der Waals surface area contributed by atoms with Gasteiger partial charge in [0, 0.05) is 11.8 Å². The maximum Gasteiger partial charge on any atom is 0.330 e. The number of rotatable bonds is 6. The number of esters is 1. The minimum Gasteiger partial charge on any atom is -0.452 e. The molecule has 0 unspecified atom stereocenters. The van der Waals surface area contributed by atoms with E-state index in [4.69, 9.17) is 4.74 Å². The van der Waals surface area contributed by atoms with Crippen molar-refractivity contribution in [2.75, 3.05) is 11.9 Å². The van der Waals surface area contributed by atoms with Crippen molar-refractivity contribution in [2.45, 2.75) is 40.0 Å². The molecule has 0 saturated heterocycles. The second kappa shape index (κ2) is 8.25. The summed E-state index contributed by atoms with van der Waals surface area (Å²) in [6.07, 6.45) is 3.78. The topological polar surface area (TPSA) is 55.4 Å². The van der Waals surface area contributed by atoms with Gasteiger partial charge in [-0.1, -0.05) is 45.0 Å². The summed E-state index contributed by atoms with van der Waals surface area (Å²) in [5.41, 5.74) is 2.87. The van der Waals surface area contributed by atoms with Crippen molar-refractivity contribution in [1.82, 2.24) is 0 Å². The Labute approximate surface area is 126 Å². The number of aryl methyl sites for hydroxylation is 1. The van der Waals surface area contributed by atoms with E-state index in [0.29, 0.717) is 5.92 Å². The van der Waals surface area contributed by atoms with E-state index >= 15 is 0 Å². The van der Waals surface area contributed by atoms with Crippen LogP contribution in [0.4, 0.5) is 5.69 Å². The van der Waals surface area contributed by atoms with Crippen LogP contribution in [0.3, 0.4) is 0 Å². The predicted octanol–water partition coefficient (Wildman–Crippen LogP) is 3.57. The first-order chi connectivity index (χ1) is 9.95. The van der Waals surface area contributed by atoms with Gasteiger partial charge in [-0.05, 0) is 30.4 Å². The van der Waals surface area contributed by atoms with E-state index < -0.39 is 5.97 Å². The maximum absolute atomic E-state index is 11.9. The molecular weight excluding hydrogens is 266 g/mol. The Kier molecular flexibility index (Phi) is 6.66. The van der Waals surface area contributed by atoms with Gasteiger partial charge in [0.15, 0.2) is 6.61 Å². The quantitative estimate of drug-likeness (QED) is 0.643. The van der Waals surface area contributed by atoms with E-state index in [1.807, 2.05) is 32.0 Å². The van der Waals surface area contributed by atoms with Gasteiger partial charge >= 0.3 is 5.97 Å². The van der Waals surface area contributed by atoms with Crippen LogP contribution in [0.2, 0.25) is 0 Å².